The van der Waals surface area contributed by atoms with Gasteiger partial charge in [0.05, 0.1) is 39.7 Å². The van der Waals surface area contributed by atoms with Crippen LogP contribution >= 0.6 is 11.3 Å². The van der Waals surface area contributed by atoms with Gasteiger partial charge in [-0.15, -0.1) is 0 Å². The van der Waals surface area contributed by atoms with E-state index >= 15 is 0 Å². The summed E-state index contributed by atoms with van der Waals surface area (Å²) in [5, 5.41) is 5.19. The summed E-state index contributed by atoms with van der Waals surface area (Å²) >= 11 is 1.46. The Morgan fingerprint density at radius 3 is 2.59 bits per heavy atom. The molecule has 0 amide bonds. The molecule has 0 aliphatic heterocycles. The summed E-state index contributed by atoms with van der Waals surface area (Å²) in [5.74, 6) is 1.76. The molecule has 0 fully saturated rings. The van der Waals surface area contributed by atoms with Crippen LogP contribution in [-0.4, -0.2) is 22.1 Å². The number of thiazole rings is 1. The molecule has 0 atom stereocenters. The second-order valence-electron chi connectivity index (χ2n) is 7.38. The highest BCUT2D eigenvalue weighted by Gasteiger charge is 2.14. The van der Waals surface area contributed by atoms with Crippen LogP contribution in [0.5, 0.6) is 17.4 Å². The molecule has 3 aromatic carbocycles. The smallest absolute Gasteiger partial charge is 0.339 e. The van der Waals surface area contributed by atoms with Crippen molar-refractivity contribution in [2.24, 2.45) is 0 Å². The van der Waals surface area contributed by atoms with Gasteiger partial charge in [-0.2, -0.15) is 4.98 Å². The van der Waals surface area contributed by atoms with Gasteiger partial charge in [0.15, 0.2) is 5.13 Å². The van der Waals surface area contributed by atoms with E-state index in [9.17, 15) is 4.79 Å². The first-order valence-corrected chi connectivity index (χ1v) is 11.2. The summed E-state index contributed by atoms with van der Waals surface area (Å²) in [6, 6.07) is 21.7. The van der Waals surface area contributed by atoms with Gasteiger partial charge in [-0.05, 0) is 42.5 Å². The first-order valence-electron chi connectivity index (χ1n) is 10.4. The number of anilines is 2. The van der Waals surface area contributed by atoms with E-state index in [2.05, 4.69) is 20.3 Å². The quantitative estimate of drug-likeness (QED) is 0.313. The van der Waals surface area contributed by atoms with Crippen LogP contribution in [-0.2, 0) is 0 Å². The van der Waals surface area contributed by atoms with Crippen molar-refractivity contribution >= 4 is 54.5 Å². The Hall–Kier alpha value is -4.50. The number of benzene rings is 3. The molecule has 3 aromatic heterocycles. The van der Waals surface area contributed by atoms with Crippen LogP contribution in [0.25, 0.3) is 32.1 Å². The van der Waals surface area contributed by atoms with Gasteiger partial charge in [0.1, 0.15) is 17.1 Å². The van der Waals surface area contributed by atoms with Gasteiger partial charge in [0.25, 0.3) is 0 Å². The molecule has 0 unspecified atom stereocenters. The predicted octanol–water partition coefficient (Wildman–Crippen LogP) is 5.89. The molecular weight excluding hydrogens is 452 g/mol. The number of nitrogens with zero attached hydrogens (tertiary/aromatic N) is 3. The highest BCUT2D eigenvalue weighted by atomic mass is 32.1. The maximum atomic E-state index is 12.1. The van der Waals surface area contributed by atoms with Crippen molar-refractivity contribution in [2.75, 3.05) is 12.4 Å². The zero-order valence-corrected chi connectivity index (χ0v) is 18.6. The number of ether oxygens (including phenoxy) is 2. The van der Waals surface area contributed by atoms with Crippen LogP contribution in [0.2, 0.25) is 0 Å². The largest absolute Gasteiger partial charge is 0.497 e. The standard InChI is InChI=1S/C25H16N4O4S/c1-31-14-10-11-18-21(12-14)34-25(27-18)29-24-26-17-8-4-2-6-15(17)23(28-24)33-20-13-22(30)32-19-9-5-3-7-16(19)20/h2-13H,1H3,(H,26,27,28,29). The fourth-order valence-corrected chi connectivity index (χ4v) is 4.52. The van der Waals surface area contributed by atoms with E-state index in [4.69, 9.17) is 13.9 Å². The molecule has 9 heteroatoms. The van der Waals surface area contributed by atoms with Crippen LogP contribution in [0.3, 0.4) is 0 Å². The molecule has 34 heavy (non-hydrogen) atoms. The van der Waals surface area contributed by atoms with Gasteiger partial charge >= 0.3 is 5.63 Å². The third-order valence-electron chi connectivity index (χ3n) is 5.20. The zero-order chi connectivity index (χ0) is 23.1. The summed E-state index contributed by atoms with van der Waals surface area (Å²) < 4.78 is 17.7. The Labute approximate surface area is 196 Å². The van der Waals surface area contributed by atoms with E-state index in [0.717, 1.165) is 16.0 Å². The van der Waals surface area contributed by atoms with Crippen LogP contribution in [0.4, 0.5) is 11.1 Å². The number of para-hydroxylation sites is 2. The van der Waals surface area contributed by atoms with Gasteiger partial charge in [0, 0.05) is 0 Å². The molecule has 0 bridgehead atoms. The lowest BCUT2D eigenvalue weighted by molar-refractivity contribution is 0.415. The lowest BCUT2D eigenvalue weighted by Gasteiger charge is -2.11. The molecule has 6 rings (SSSR count). The van der Waals surface area contributed by atoms with E-state index in [1.807, 2.05) is 54.6 Å². The highest BCUT2D eigenvalue weighted by Crippen LogP contribution is 2.34. The van der Waals surface area contributed by atoms with Crippen molar-refractivity contribution in [1.82, 2.24) is 15.0 Å². The third-order valence-corrected chi connectivity index (χ3v) is 6.13. The summed E-state index contributed by atoms with van der Waals surface area (Å²) in [4.78, 5) is 25.9. The fraction of sp³-hybridized carbons (Fsp3) is 0.0400. The zero-order valence-electron chi connectivity index (χ0n) is 17.8. The monoisotopic (exact) mass is 468 g/mol. The number of fused-ring (bicyclic) bond motifs is 3. The molecule has 166 valence electrons. The maximum absolute atomic E-state index is 12.1. The lowest BCUT2D eigenvalue weighted by Crippen LogP contribution is -2.02. The van der Waals surface area contributed by atoms with Gasteiger partial charge in [-0.25, -0.2) is 14.8 Å². The van der Waals surface area contributed by atoms with Crippen molar-refractivity contribution in [3.63, 3.8) is 0 Å². The summed E-state index contributed by atoms with van der Waals surface area (Å²) in [6.07, 6.45) is 0. The maximum Gasteiger partial charge on any atom is 0.339 e. The van der Waals surface area contributed by atoms with Crippen LogP contribution in [0.15, 0.2) is 82.0 Å². The molecule has 0 radical (unpaired) electrons. The molecule has 8 nitrogen and oxygen atoms in total. The Morgan fingerprint density at radius 2 is 1.71 bits per heavy atom. The topological polar surface area (TPSA) is 99.4 Å². The number of methoxy groups -OCH3 is 1. The number of hydrogen-bond acceptors (Lipinski definition) is 9. The Balaban J connectivity index is 1.43. The summed E-state index contributed by atoms with van der Waals surface area (Å²) in [7, 11) is 1.63. The Bertz CT molecular complexity index is 1740. The minimum Gasteiger partial charge on any atom is -0.497 e. The van der Waals surface area contributed by atoms with E-state index in [-0.39, 0.29) is 0 Å². The van der Waals surface area contributed by atoms with Crippen LogP contribution < -0.4 is 20.4 Å². The molecule has 0 saturated heterocycles. The molecule has 0 spiro atoms. The lowest BCUT2D eigenvalue weighted by atomic mass is 10.2. The SMILES string of the molecule is COc1ccc2nc(Nc3nc(Oc4cc(=O)oc5ccccc45)c4ccccc4n3)sc2c1. The van der Waals surface area contributed by atoms with Crippen molar-refractivity contribution in [3.8, 4) is 17.4 Å². The van der Waals surface area contributed by atoms with E-state index < -0.39 is 5.63 Å². The predicted molar refractivity (Wildman–Crippen MR) is 132 cm³/mol. The average molecular weight is 468 g/mol. The summed E-state index contributed by atoms with van der Waals surface area (Å²) in [5.41, 5.74) is 1.46. The van der Waals surface area contributed by atoms with Crippen molar-refractivity contribution in [3.05, 3.63) is 83.2 Å². The number of hydrogen-bond donors (Lipinski definition) is 1. The normalized spacial score (nSPS) is 11.2. The Kier molecular flexibility index (Phi) is 4.81. The second kappa shape index (κ2) is 8.13. The first kappa shape index (κ1) is 20.1. The van der Waals surface area contributed by atoms with Crippen molar-refractivity contribution in [2.45, 2.75) is 0 Å². The molecule has 3 heterocycles. The molecule has 6 aromatic rings. The van der Waals surface area contributed by atoms with E-state index in [1.165, 1.54) is 17.4 Å². The van der Waals surface area contributed by atoms with E-state index in [0.29, 0.717) is 44.6 Å². The minimum atomic E-state index is -0.504. The summed E-state index contributed by atoms with van der Waals surface area (Å²) in [6.45, 7) is 0. The highest BCUT2D eigenvalue weighted by molar-refractivity contribution is 7.22. The average Bonchev–Trinajstić information content (AvgIpc) is 3.25. The van der Waals surface area contributed by atoms with Crippen molar-refractivity contribution < 1.29 is 13.9 Å². The molecular formula is C25H16N4O4S. The van der Waals surface area contributed by atoms with Gasteiger partial charge in [-0.3, -0.25) is 5.32 Å². The molecule has 0 saturated carbocycles. The van der Waals surface area contributed by atoms with E-state index in [1.54, 1.807) is 19.2 Å². The van der Waals surface area contributed by atoms with Crippen LogP contribution in [0.1, 0.15) is 0 Å². The number of aromatic nitrogens is 3. The number of nitrogens with one attached hydrogen (secondary N) is 1. The van der Waals surface area contributed by atoms with Gasteiger partial charge in [0.2, 0.25) is 11.8 Å². The first-order chi connectivity index (χ1) is 16.7. The molecule has 1 N–H and O–H groups in total. The molecule has 0 aliphatic carbocycles. The van der Waals surface area contributed by atoms with Crippen molar-refractivity contribution in [1.29, 1.82) is 0 Å². The van der Waals surface area contributed by atoms with Crippen LogP contribution in [0, 0.1) is 0 Å². The van der Waals surface area contributed by atoms with Gasteiger partial charge < -0.3 is 13.9 Å². The fourth-order valence-electron chi connectivity index (χ4n) is 3.63. The minimum absolute atomic E-state index is 0.312. The number of rotatable bonds is 5. The third kappa shape index (κ3) is 3.67. The second-order valence-corrected chi connectivity index (χ2v) is 8.41. The Morgan fingerprint density at radius 1 is 0.882 bits per heavy atom. The molecule has 0 aliphatic rings. The van der Waals surface area contributed by atoms with Gasteiger partial charge in [-0.1, -0.05) is 35.6 Å².